The summed E-state index contributed by atoms with van der Waals surface area (Å²) in [7, 11) is 1.19. The maximum absolute atomic E-state index is 12.8. The summed E-state index contributed by atoms with van der Waals surface area (Å²) in [5, 5.41) is 0. The Morgan fingerprint density at radius 3 is 0.865 bits per heavy atom. The predicted molar refractivity (Wildman–Crippen MR) is 315 cm³/mol. The molecule has 74 heavy (non-hydrogen) atoms. The van der Waals surface area contributed by atoms with Gasteiger partial charge in [0.25, 0.3) is 7.82 Å². The summed E-state index contributed by atoms with van der Waals surface area (Å²) < 4.78 is 34.3. The minimum atomic E-state index is -4.63. The van der Waals surface area contributed by atoms with Crippen molar-refractivity contribution in [3.05, 3.63) is 0 Å². The lowest BCUT2D eigenvalue weighted by molar-refractivity contribution is -0.870. The van der Waals surface area contributed by atoms with Crippen molar-refractivity contribution in [2.75, 3.05) is 47.5 Å². The first-order chi connectivity index (χ1) is 36.0. The number of ether oxygens (including phenoxy) is 2. The molecule has 0 N–H and O–H groups in total. The zero-order valence-corrected chi connectivity index (χ0v) is 51.2. The Hall–Kier alpha value is -0.990. The molecular weight excluding hydrogens is 942 g/mol. The van der Waals surface area contributed by atoms with Crippen LogP contribution in [0.3, 0.4) is 0 Å². The fourth-order valence-corrected chi connectivity index (χ4v) is 10.8. The first kappa shape index (κ1) is 73.0. The Balaban J connectivity index is 4.02. The average molecular weight is 1070 g/mol. The smallest absolute Gasteiger partial charge is 0.306 e. The molecule has 0 rings (SSSR count). The van der Waals surface area contributed by atoms with E-state index >= 15 is 0 Å². The molecular formula is C64H128NO8P. The van der Waals surface area contributed by atoms with Gasteiger partial charge in [0.2, 0.25) is 0 Å². The summed E-state index contributed by atoms with van der Waals surface area (Å²) in [6.45, 7) is 4.33. The molecule has 0 spiro atoms. The number of likely N-dealkylation sites (N-methyl/N-ethyl adjacent to an activating group) is 1. The van der Waals surface area contributed by atoms with E-state index in [1.165, 1.54) is 283 Å². The lowest BCUT2D eigenvalue weighted by Crippen LogP contribution is -2.37. The van der Waals surface area contributed by atoms with Crippen LogP contribution >= 0.6 is 7.82 Å². The van der Waals surface area contributed by atoms with Gasteiger partial charge in [0.15, 0.2) is 6.10 Å². The van der Waals surface area contributed by atoms with Crippen LogP contribution in [0.5, 0.6) is 0 Å². The summed E-state index contributed by atoms with van der Waals surface area (Å²) in [5.74, 6) is -0.805. The van der Waals surface area contributed by atoms with Crippen molar-refractivity contribution in [2.45, 2.75) is 354 Å². The fraction of sp³-hybridized carbons (Fsp3) is 0.969. The van der Waals surface area contributed by atoms with E-state index < -0.39 is 26.5 Å². The summed E-state index contributed by atoms with van der Waals surface area (Å²) in [5.41, 5.74) is 0. The molecule has 0 aliphatic carbocycles. The van der Waals surface area contributed by atoms with Gasteiger partial charge in [0.05, 0.1) is 27.7 Å². The molecule has 0 heterocycles. The molecule has 2 atom stereocenters. The molecule has 0 bridgehead atoms. The van der Waals surface area contributed by atoms with Crippen LogP contribution in [0.2, 0.25) is 0 Å². The highest BCUT2D eigenvalue weighted by molar-refractivity contribution is 7.45. The Labute approximate surface area is 461 Å². The van der Waals surface area contributed by atoms with Gasteiger partial charge in [0.1, 0.15) is 19.8 Å². The second kappa shape index (κ2) is 56.7. The molecule has 9 nitrogen and oxygen atoms in total. The number of nitrogens with zero attached hydrogens (tertiary/aromatic N) is 1. The summed E-state index contributed by atoms with van der Waals surface area (Å²) in [4.78, 5) is 38.0. The van der Waals surface area contributed by atoms with Gasteiger partial charge in [-0.25, -0.2) is 0 Å². The Kier molecular flexibility index (Phi) is 56.0. The molecule has 0 fully saturated rings. The topological polar surface area (TPSA) is 111 Å². The van der Waals surface area contributed by atoms with Crippen LogP contribution in [0, 0.1) is 0 Å². The number of unbranched alkanes of at least 4 members (excludes halogenated alkanes) is 48. The average Bonchev–Trinajstić information content (AvgIpc) is 3.36. The Morgan fingerprint density at radius 1 is 0.365 bits per heavy atom. The molecule has 0 saturated heterocycles. The van der Waals surface area contributed by atoms with E-state index in [0.29, 0.717) is 17.4 Å². The van der Waals surface area contributed by atoms with Crippen molar-refractivity contribution in [2.24, 2.45) is 0 Å². The van der Waals surface area contributed by atoms with Crippen molar-refractivity contribution in [3.63, 3.8) is 0 Å². The maximum atomic E-state index is 12.8. The van der Waals surface area contributed by atoms with Gasteiger partial charge in [-0.15, -0.1) is 0 Å². The zero-order valence-electron chi connectivity index (χ0n) is 50.3. The normalized spacial score (nSPS) is 13.1. The lowest BCUT2D eigenvalue weighted by atomic mass is 10.0. The number of rotatable bonds is 62. The van der Waals surface area contributed by atoms with Crippen LogP contribution < -0.4 is 4.89 Å². The molecule has 0 aromatic heterocycles. The Morgan fingerprint density at radius 2 is 0.608 bits per heavy atom. The monoisotopic (exact) mass is 1070 g/mol. The van der Waals surface area contributed by atoms with Crippen molar-refractivity contribution >= 4 is 19.8 Å². The van der Waals surface area contributed by atoms with Gasteiger partial charge >= 0.3 is 11.9 Å². The molecule has 10 heteroatoms. The minimum absolute atomic E-state index is 0.0249. The van der Waals surface area contributed by atoms with Crippen molar-refractivity contribution in [1.82, 2.24) is 0 Å². The molecule has 442 valence electrons. The van der Waals surface area contributed by atoms with E-state index in [1.807, 2.05) is 21.1 Å². The number of carbonyl (C=O) groups is 2. The second-order valence-electron chi connectivity index (χ2n) is 23.9. The molecule has 0 aliphatic rings. The number of hydrogen-bond acceptors (Lipinski definition) is 8. The number of esters is 2. The van der Waals surface area contributed by atoms with Gasteiger partial charge in [-0.1, -0.05) is 322 Å². The maximum Gasteiger partial charge on any atom is 0.306 e. The molecule has 2 unspecified atom stereocenters. The van der Waals surface area contributed by atoms with Crippen LogP contribution in [0.4, 0.5) is 0 Å². The third-order valence-electron chi connectivity index (χ3n) is 15.1. The van der Waals surface area contributed by atoms with Gasteiger partial charge in [-0.2, -0.15) is 0 Å². The van der Waals surface area contributed by atoms with Gasteiger partial charge in [-0.05, 0) is 12.8 Å². The van der Waals surface area contributed by atoms with E-state index in [-0.39, 0.29) is 32.0 Å². The largest absolute Gasteiger partial charge is 0.756 e. The van der Waals surface area contributed by atoms with E-state index in [1.54, 1.807) is 0 Å². The first-order valence-corrected chi connectivity index (χ1v) is 34.2. The zero-order chi connectivity index (χ0) is 54.2. The number of carbonyl (C=O) groups excluding carboxylic acids is 2. The van der Waals surface area contributed by atoms with E-state index in [0.717, 1.165) is 32.1 Å². The van der Waals surface area contributed by atoms with Crippen LogP contribution in [-0.4, -0.2) is 70.0 Å². The van der Waals surface area contributed by atoms with Crippen LogP contribution in [0.25, 0.3) is 0 Å². The van der Waals surface area contributed by atoms with Crippen molar-refractivity contribution in [3.8, 4) is 0 Å². The van der Waals surface area contributed by atoms with Crippen molar-refractivity contribution in [1.29, 1.82) is 0 Å². The number of phosphoric acid groups is 1. The molecule has 0 radical (unpaired) electrons. The quantitative estimate of drug-likeness (QED) is 0.0256. The molecule has 0 aromatic rings. The third kappa shape index (κ3) is 60.2. The summed E-state index contributed by atoms with van der Waals surface area (Å²) in [6.07, 6.45) is 66.0. The van der Waals surface area contributed by atoms with Gasteiger partial charge < -0.3 is 27.9 Å². The fourth-order valence-electron chi connectivity index (χ4n) is 10.1. The second-order valence-corrected chi connectivity index (χ2v) is 25.3. The standard InChI is InChI=1S/C64H128NO8P/c1-6-8-10-12-14-16-18-20-22-24-26-28-30-31-32-33-35-37-39-41-43-45-47-49-51-53-55-57-64(67)73-62(61-72-74(68,69)71-59-58-65(3,4)5)60-70-63(66)56-54-52-50-48-46-44-42-40-38-36-34-29-27-25-23-21-19-17-15-13-11-9-7-2/h62H,6-61H2,1-5H3. The lowest BCUT2D eigenvalue weighted by Gasteiger charge is -2.28. The number of phosphoric ester groups is 1. The highest BCUT2D eigenvalue weighted by Gasteiger charge is 2.22. The third-order valence-corrected chi connectivity index (χ3v) is 16.1. The minimum Gasteiger partial charge on any atom is -0.756 e. The molecule has 0 aliphatic heterocycles. The predicted octanol–water partition coefficient (Wildman–Crippen LogP) is 20.0. The summed E-state index contributed by atoms with van der Waals surface area (Å²) in [6, 6.07) is 0. The van der Waals surface area contributed by atoms with Crippen LogP contribution in [-0.2, 0) is 32.7 Å². The first-order valence-electron chi connectivity index (χ1n) is 32.7. The van der Waals surface area contributed by atoms with Gasteiger partial charge in [-0.3, -0.25) is 14.2 Å². The van der Waals surface area contributed by atoms with E-state index in [4.69, 9.17) is 18.5 Å². The van der Waals surface area contributed by atoms with Crippen LogP contribution in [0.15, 0.2) is 0 Å². The molecule has 0 saturated carbocycles. The number of hydrogen-bond donors (Lipinski definition) is 0. The van der Waals surface area contributed by atoms with Crippen LogP contribution in [0.1, 0.15) is 348 Å². The van der Waals surface area contributed by atoms with E-state index in [2.05, 4.69) is 13.8 Å². The highest BCUT2D eigenvalue weighted by Crippen LogP contribution is 2.38. The summed E-state index contributed by atoms with van der Waals surface area (Å²) >= 11 is 0. The van der Waals surface area contributed by atoms with Crippen molar-refractivity contribution < 1.29 is 42.1 Å². The van der Waals surface area contributed by atoms with E-state index in [9.17, 15) is 19.0 Å². The molecule has 0 amide bonds. The number of quaternary nitrogens is 1. The molecule has 0 aromatic carbocycles. The van der Waals surface area contributed by atoms with Gasteiger partial charge in [0, 0.05) is 12.8 Å². The highest BCUT2D eigenvalue weighted by atomic mass is 31.2. The Bertz CT molecular complexity index is 1210. The SMILES string of the molecule is CCCCCCCCCCCCCCCCCCCCCCCCCCCCCC(=O)OC(COC(=O)CCCCCCCCCCCCCCCCCCCCCCCCC)COP(=O)([O-])OCC[N+](C)(C)C.